The molecule has 0 amide bonds. The van der Waals surface area contributed by atoms with Crippen molar-refractivity contribution in [2.75, 3.05) is 0 Å². The van der Waals surface area contributed by atoms with Crippen LogP contribution in [-0.4, -0.2) is 7.12 Å². The third-order valence-corrected chi connectivity index (χ3v) is 6.34. The van der Waals surface area contributed by atoms with Crippen molar-refractivity contribution in [2.24, 2.45) is 0 Å². The highest BCUT2D eigenvalue weighted by Crippen LogP contribution is 2.54. The second-order valence-electron chi connectivity index (χ2n) is 8.77. The third kappa shape index (κ3) is 4.07. The van der Waals surface area contributed by atoms with Crippen LogP contribution in [0.25, 0.3) is 16.6 Å². The van der Waals surface area contributed by atoms with E-state index in [0.29, 0.717) is 6.07 Å². The lowest BCUT2D eigenvalue weighted by molar-refractivity contribution is 0.205. The van der Waals surface area contributed by atoms with E-state index in [1.54, 1.807) is 0 Å². The molecule has 0 N–H and O–H groups in total. The van der Waals surface area contributed by atoms with Crippen molar-refractivity contribution < 1.29 is 79.6 Å². The largest absolute Gasteiger partial charge is 0.647 e. The van der Waals surface area contributed by atoms with Crippen LogP contribution in [0.15, 0.2) is 24.0 Å². The normalized spacial score (nSPS) is 16.2. The Kier molecular flexibility index (Phi) is 7.20. The lowest BCUT2D eigenvalue weighted by Gasteiger charge is -2.28. The summed E-state index contributed by atoms with van der Waals surface area (Å²) in [6.07, 6.45) is 0. The van der Waals surface area contributed by atoms with E-state index < -0.39 is 133 Å². The summed E-state index contributed by atoms with van der Waals surface area (Å²) in [6, 6.07) is 0.512. The van der Waals surface area contributed by atoms with Gasteiger partial charge >= 0.3 is 7.12 Å². The Morgan fingerprint density at radius 2 is 1.02 bits per heavy atom. The number of alkyl halides is 1. The van der Waals surface area contributed by atoms with E-state index in [-0.39, 0.29) is 12.1 Å². The van der Waals surface area contributed by atoms with Crippen LogP contribution in [0, 0.1) is 75.6 Å². The van der Waals surface area contributed by atoms with Gasteiger partial charge in [-0.05, 0) is 12.1 Å². The summed E-state index contributed by atoms with van der Waals surface area (Å²) >= 11 is 0. The average molecular weight is 650 g/mol. The minimum atomic E-state index is -5.13. The molecule has 0 aliphatic heterocycles. The summed E-state index contributed by atoms with van der Waals surface area (Å²) in [7, 11) is -4.01. The first-order chi connectivity index (χ1) is 20.5. The molecule has 4 aromatic rings. The Bertz CT molecular complexity index is 1950. The van der Waals surface area contributed by atoms with Crippen LogP contribution in [-0.2, 0) is 5.57 Å². The smallest absolute Gasteiger partial charge is 0.521 e. The molecule has 0 radical (unpaired) electrons. The van der Waals surface area contributed by atoms with Gasteiger partial charge in [0, 0.05) is 11.6 Å². The molecular weight excluding hydrogens is 647 g/mol. The number of allylic oxidation sites excluding steroid dienone is 1. The molecule has 0 fully saturated rings. The highest BCUT2D eigenvalue weighted by atomic mass is 19.2. The third-order valence-electron chi connectivity index (χ3n) is 6.34. The quantitative estimate of drug-likeness (QED) is 0.0933. The SMILES string of the molecule is FC1=C(F)C(F)(B(Oc2cc(F)ccc2F)Oc2c(F)c(F)c(F)c3c(F)c(F)c(F)c(F)c23)c2c(F)c(F)c(F)c(F)c21. The zero-order chi connectivity index (χ0) is 32.7. The molecule has 1 atom stereocenters. The van der Waals surface area contributed by atoms with Crippen molar-refractivity contribution >= 4 is 23.7 Å². The van der Waals surface area contributed by atoms with E-state index in [1.165, 1.54) is 0 Å². The maximum absolute atomic E-state index is 16.6. The van der Waals surface area contributed by atoms with Crippen LogP contribution in [0.5, 0.6) is 11.5 Å². The number of fused-ring (bicyclic) bond motifs is 2. The van der Waals surface area contributed by atoms with Gasteiger partial charge in [-0.3, -0.25) is 0 Å². The van der Waals surface area contributed by atoms with Gasteiger partial charge in [-0.2, -0.15) is 4.39 Å². The first-order valence-corrected chi connectivity index (χ1v) is 11.2. The van der Waals surface area contributed by atoms with Gasteiger partial charge in [-0.15, -0.1) is 0 Å². The molecule has 230 valence electrons. The highest BCUT2D eigenvalue weighted by Gasteiger charge is 2.66. The molecule has 0 saturated carbocycles. The van der Waals surface area contributed by atoms with Crippen LogP contribution < -0.4 is 9.31 Å². The van der Waals surface area contributed by atoms with Crippen molar-refractivity contribution in [3.63, 3.8) is 0 Å². The molecule has 44 heavy (non-hydrogen) atoms. The summed E-state index contributed by atoms with van der Waals surface area (Å²) in [5, 5.41) is -4.58. The van der Waals surface area contributed by atoms with Gasteiger partial charge in [0.15, 0.2) is 81.4 Å². The van der Waals surface area contributed by atoms with Crippen LogP contribution >= 0.6 is 0 Å². The van der Waals surface area contributed by atoms with E-state index in [2.05, 4.69) is 9.31 Å². The summed E-state index contributed by atoms with van der Waals surface area (Å²) in [4.78, 5) is 0. The second kappa shape index (κ2) is 10.3. The molecule has 0 aromatic heterocycles. The van der Waals surface area contributed by atoms with E-state index in [9.17, 15) is 61.5 Å². The summed E-state index contributed by atoms with van der Waals surface area (Å²) < 4.78 is 242. The van der Waals surface area contributed by atoms with E-state index in [1.807, 2.05) is 0 Å². The minimum Gasteiger partial charge on any atom is -0.521 e. The average Bonchev–Trinajstić information content (AvgIpc) is 3.19. The van der Waals surface area contributed by atoms with Crippen molar-refractivity contribution in [3.05, 3.63) is 111 Å². The van der Waals surface area contributed by atoms with E-state index in [0.717, 1.165) is 0 Å². The van der Waals surface area contributed by atoms with Crippen LogP contribution in [0.4, 0.5) is 70.2 Å². The van der Waals surface area contributed by atoms with Gasteiger partial charge in [0.05, 0.1) is 16.3 Å². The van der Waals surface area contributed by atoms with Gasteiger partial charge in [-0.25, -0.2) is 65.9 Å². The topological polar surface area (TPSA) is 18.5 Å². The number of rotatable bonds is 5. The molecule has 19 heteroatoms. The van der Waals surface area contributed by atoms with Gasteiger partial charge in [0.2, 0.25) is 5.82 Å². The number of hydrogen-bond donors (Lipinski definition) is 0. The summed E-state index contributed by atoms with van der Waals surface area (Å²) in [5.41, 5.74) is -10.0. The monoisotopic (exact) mass is 650 g/mol. The second-order valence-corrected chi connectivity index (χ2v) is 8.77. The molecule has 1 unspecified atom stereocenters. The highest BCUT2D eigenvalue weighted by molar-refractivity contribution is 6.52. The first-order valence-electron chi connectivity index (χ1n) is 11.2. The van der Waals surface area contributed by atoms with Crippen molar-refractivity contribution in [2.45, 2.75) is 5.57 Å². The molecule has 1 aliphatic carbocycles. The number of halogens is 16. The summed E-state index contributed by atoms with van der Waals surface area (Å²) in [6.45, 7) is 0. The zero-order valence-corrected chi connectivity index (χ0v) is 20.2. The minimum absolute atomic E-state index is 0.0416. The Hall–Kier alpha value is -4.58. The lowest BCUT2D eigenvalue weighted by atomic mass is 9.64. The molecule has 5 rings (SSSR count). The lowest BCUT2D eigenvalue weighted by Crippen LogP contribution is -2.50. The Morgan fingerprint density at radius 1 is 0.523 bits per heavy atom. The van der Waals surface area contributed by atoms with Gasteiger partial charge in [0.1, 0.15) is 11.6 Å². The van der Waals surface area contributed by atoms with Crippen molar-refractivity contribution in [1.29, 1.82) is 0 Å². The van der Waals surface area contributed by atoms with E-state index >= 15 is 8.78 Å². The molecule has 0 heterocycles. The summed E-state index contributed by atoms with van der Waals surface area (Å²) in [5.74, 6) is -44.8. The molecule has 1 aliphatic rings. The fourth-order valence-electron chi connectivity index (χ4n) is 4.33. The predicted octanol–water partition coefficient (Wildman–Crippen LogP) is 8.62. The van der Waals surface area contributed by atoms with Crippen LogP contribution in [0.1, 0.15) is 11.1 Å². The Morgan fingerprint density at radius 3 is 1.61 bits per heavy atom. The van der Waals surface area contributed by atoms with Crippen LogP contribution in [0.3, 0.4) is 0 Å². The van der Waals surface area contributed by atoms with Crippen molar-refractivity contribution in [3.8, 4) is 11.5 Å². The van der Waals surface area contributed by atoms with Gasteiger partial charge in [-0.1, -0.05) is 0 Å². The maximum Gasteiger partial charge on any atom is 0.647 e. The molecule has 0 saturated heterocycles. The standard InChI is InChI=1S/C25H3BF16O2/c27-4-1-2-5(28)6(3-4)43-26(25(42)10-9(15(33)24(25)41)14(32)19(37)21(39)16(10)34)44-23-8-7(12(30)20(38)22(23)40)11(29)17(35)18(36)13(8)31/h1-3H. The molecule has 0 bridgehead atoms. The van der Waals surface area contributed by atoms with Crippen molar-refractivity contribution in [1.82, 2.24) is 0 Å². The molecular formula is C25H3BF16O2. The zero-order valence-electron chi connectivity index (χ0n) is 20.2. The maximum atomic E-state index is 16.6. The van der Waals surface area contributed by atoms with E-state index in [4.69, 9.17) is 0 Å². The molecule has 4 aromatic carbocycles. The molecule has 0 spiro atoms. The first kappa shape index (κ1) is 30.9. The van der Waals surface area contributed by atoms with Crippen LogP contribution in [0.2, 0.25) is 0 Å². The Balaban J connectivity index is 1.88. The Labute approximate surface area is 231 Å². The molecule has 2 nitrogen and oxygen atoms in total. The number of hydrogen-bond acceptors (Lipinski definition) is 2. The fraction of sp³-hybridized carbons (Fsp3) is 0.0400. The number of benzene rings is 4. The van der Waals surface area contributed by atoms with Gasteiger partial charge in [0.25, 0.3) is 5.57 Å². The fourth-order valence-corrected chi connectivity index (χ4v) is 4.33. The van der Waals surface area contributed by atoms with Gasteiger partial charge < -0.3 is 9.31 Å². The predicted molar refractivity (Wildman–Crippen MR) is 115 cm³/mol.